The minimum atomic E-state index is -0.131. The molecule has 2 fully saturated rings. The Morgan fingerprint density at radius 3 is 2.53 bits per heavy atom. The average Bonchev–Trinajstić information content (AvgIpc) is 2.83. The highest BCUT2D eigenvalue weighted by atomic mass is 32.2. The second-order valence-electron chi connectivity index (χ2n) is 4.71. The smallest absolute Gasteiger partial charge is 0.312 e. The van der Waals surface area contributed by atoms with Crippen LogP contribution < -0.4 is 0 Å². The fraction of sp³-hybridized carbons (Fsp3) is 0.917. The van der Waals surface area contributed by atoms with Crippen LogP contribution in [-0.2, 0) is 9.53 Å². The highest BCUT2D eigenvalue weighted by Crippen LogP contribution is 2.49. The Labute approximate surface area is 96.1 Å². The van der Waals surface area contributed by atoms with E-state index in [1.807, 2.05) is 11.8 Å². The van der Waals surface area contributed by atoms with Gasteiger partial charge >= 0.3 is 5.97 Å². The number of carbonyl (C=O) groups excluding carboxylic acids is 1. The van der Waals surface area contributed by atoms with Crippen LogP contribution in [0.5, 0.6) is 0 Å². The number of esters is 1. The monoisotopic (exact) mass is 228 g/mol. The Kier molecular flexibility index (Phi) is 3.60. The molecule has 0 bridgehead atoms. The summed E-state index contributed by atoms with van der Waals surface area (Å²) in [6, 6.07) is 0. The molecule has 1 aliphatic heterocycles. The second-order valence-corrected chi connectivity index (χ2v) is 6.02. The van der Waals surface area contributed by atoms with Gasteiger partial charge in [0.25, 0.3) is 0 Å². The summed E-state index contributed by atoms with van der Waals surface area (Å²) in [4.78, 5) is 12.0. The van der Waals surface area contributed by atoms with Gasteiger partial charge in [0.2, 0.25) is 0 Å². The van der Waals surface area contributed by atoms with Gasteiger partial charge in [0.15, 0.2) is 0 Å². The van der Waals surface area contributed by atoms with Crippen molar-refractivity contribution >= 4 is 17.7 Å². The predicted octanol–water partition coefficient (Wildman–Crippen LogP) is 3.01. The zero-order valence-electron chi connectivity index (χ0n) is 9.46. The van der Waals surface area contributed by atoms with Crippen LogP contribution in [0.4, 0.5) is 0 Å². The number of methoxy groups -OCH3 is 1. The molecule has 86 valence electrons. The van der Waals surface area contributed by atoms with Gasteiger partial charge in [0.1, 0.15) is 0 Å². The Hall–Kier alpha value is -0.180. The van der Waals surface area contributed by atoms with Gasteiger partial charge in [-0.3, -0.25) is 4.79 Å². The Morgan fingerprint density at radius 2 is 2.00 bits per heavy atom. The minimum Gasteiger partial charge on any atom is -0.469 e. The molecule has 1 heterocycles. The van der Waals surface area contributed by atoms with Crippen LogP contribution in [0.1, 0.15) is 44.9 Å². The number of ether oxygens (including phenoxy) is 1. The third-order valence-corrected chi connectivity index (χ3v) is 5.50. The van der Waals surface area contributed by atoms with Gasteiger partial charge in [-0.05, 0) is 31.4 Å². The van der Waals surface area contributed by atoms with E-state index in [0.29, 0.717) is 5.25 Å². The summed E-state index contributed by atoms with van der Waals surface area (Å²) in [6.45, 7) is 0. The van der Waals surface area contributed by atoms with E-state index in [9.17, 15) is 4.79 Å². The molecule has 3 heteroatoms. The van der Waals surface area contributed by atoms with Crippen molar-refractivity contribution in [1.82, 2.24) is 0 Å². The first-order chi connectivity index (χ1) is 7.29. The normalized spacial score (nSPS) is 30.1. The molecule has 1 saturated heterocycles. The lowest BCUT2D eigenvalue weighted by Gasteiger charge is -2.38. The fourth-order valence-corrected chi connectivity index (χ4v) is 4.66. The summed E-state index contributed by atoms with van der Waals surface area (Å²) >= 11 is 1.99. The van der Waals surface area contributed by atoms with E-state index in [1.54, 1.807) is 0 Å². The van der Waals surface area contributed by atoms with Crippen molar-refractivity contribution in [2.45, 2.75) is 50.2 Å². The van der Waals surface area contributed by atoms with Gasteiger partial charge in [-0.1, -0.05) is 19.3 Å². The zero-order valence-corrected chi connectivity index (χ0v) is 10.3. The lowest BCUT2D eigenvalue weighted by Crippen LogP contribution is -2.42. The van der Waals surface area contributed by atoms with Crippen LogP contribution in [0.2, 0.25) is 0 Å². The summed E-state index contributed by atoms with van der Waals surface area (Å²) in [5.74, 6) is 1.28. The van der Waals surface area contributed by atoms with Crippen LogP contribution in [0.15, 0.2) is 0 Å². The largest absolute Gasteiger partial charge is 0.469 e. The standard InChI is InChI=1S/C12H20O2S/c1-14-11(13)12(7-3-2-4-8-12)10-6-5-9-15-10/h10H,2-9H2,1H3/t10-/m1/s1. The van der Waals surface area contributed by atoms with E-state index in [2.05, 4.69) is 0 Å². The number of rotatable bonds is 2. The van der Waals surface area contributed by atoms with E-state index in [-0.39, 0.29) is 11.4 Å². The van der Waals surface area contributed by atoms with E-state index in [4.69, 9.17) is 4.74 Å². The maximum Gasteiger partial charge on any atom is 0.312 e. The van der Waals surface area contributed by atoms with Gasteiger partial charge in [0, 0.05) is 5.25 Å². The molecule has 1 aliphatic carbocycles. The van der Waals surface area contributed by atoms with Crippen molar-refractivity contribution in [3.8, 4) is 0 Å². The van der Waals surface area contributed by atoms with Gasteiger partial charge in [0.05, 0.1) is 12.5 Å². The number of hydrogen-bond acceptors (Lipinski definition) is 3. The number of hydrogen-bond donors (Lipinski definition) is 0. The van der Waals surface area contributed by atoms with E-state index < -0.39 is 0 Å². The van der Waals surface area contributed by atoms with Gasteiger partial charge in [-0.25, -0.2) is 0 Å². The first-order valence-corrected chi connectivity index (χ1v) is 7.04. The van der Waals surface area contributed by atoms with Crippen LogP contribution in [0.3, 0.4) is 0 Å². The maximum atomic E-state index is 12.0. The van der Waals surface area contributed by atoms with Gasteiger partial charge in [-0.15, -0.1) is 0 Å². The molecule has 0 unspecified atom stereocenters. The maximum absolute atomic E-state index is 12.0. The number of thioether (sulfide) groups is 1. The molecule has 0 spiro atoms. The molecule has 15 heavy (non-hydrogen) atoms. The Bertz CT molecular complexity index is 228. The molecule has 0 N–H and O–H groups in total. The molecule has 2 aliphatic rings. The summed E-state index contributed by atoms with van der Waals surface area (Å²) in [6.07, 6.45) is 8.27. The quantitative estimate of drug-likeness (QED) is 0.680. The molecular formula is C12H20O2S. The molecule has 0 aromatic heterocycles. The fourth-order valence-electron chi connectivity index (χ4n) is 3.06. The molecule has 0 aromatic rings. The van der Waals surface area contributed by atoms with Gasteiger partial charge < -0.3 is 4.74 Å². The van der Waals surface area contributed by atoms with Crippen molar-refractivity contribution < 1.29 is 9.53 Å². The van der Waals surface area contributed by atoms with E-state index >= 15 is 0 Å². The van der Waals surface area contributed by atoms with Crippen molar-refractivity contribution in [3.05, 3.63) is 0 Å². The highest BCUT2D eigenvalue weighted by Gasteiger charge is 2.48. The van der Waals surface area contributed by atoms with Gasteiger partial charge in [-0.2, -0.15) is 11.8 Å². The van der Waals surface area contributed by atoms with Crippen molar-refractivity contribution in [3.63, 3.8) is 0 Å². The molecule has 1 atom stereocenters. The predicted molar refractivity (Wildman–Crippen MR) is 63.0 cm³/mol. The Morgan fingerprint density at radius 1 is 1.27 bits per heavy atom. The van der Waals surface area contributed by atoms with Crippen LogP contribution in [0, 0.1) is 5.41 Å². The lowest BCUT2D eigenvalue weighted by atomic mass is 9.70. The molecule has 1 saturated carbocycles. The Balaban J connectivity index is 2.16. The van der Waals surface area contributed by atoms with Crippen molar-refractivity contribution in [1.29, 1.82) is 0 Å². The third kappa shape index (κ3) is 2.03. The molecule has 0 radical (unpaired) electrons. The topological polar surface area (TPSA) is 26.3 Å². The summed E-state index contributed by atoms with van der Waals surface area (Å²) < 4.78 is 5.05. The second kappa shape index (κ2) is 4.77. The minimum absolute atomic E-state index is 0.0570. The van der Waals surface area contributed by atoms with Crippen LogP contribution >= 0.6 is 11.8 Å². The highest BCUT2D eigenvalue weighted by molar-refractivity contribution is 8.00. The molecule has 0 amide bonds. The van der Waals surface area contributed by atoms with Crippen molar-refractivity contribution in [2.24, 2.45) is 5.41 Å². The lowest BCUT2D eigenvalue weighted by molar-refractivity contribution is -0.155. The van der Waals surface area contributed by atoms with Crippen molar-refractivity contribution in [2.75, 3.05) is 12.9 Å². The molecule has 2 nitrogen and oxygen atoms in total. The number of carbonyl (C=O) groups is 1. The van der Waals surface area contributed by atoms with E-state index in [1.165, 1.54) is 45.0 Å². The summed E-state index contributed by atoms with van der Waals surface area (Å²) in [5.41, 5.74) is -0.131. The van der Waals surface area contributed by atoms with Crippen LogP contribution in [-0.4, -0.2) is 24.1 Å². The summed E-state index contributed by atoms with van der Waals surface area (Å²) in [5, 5.41) is 0.533. The third-order valence-electron chi connectivity index (χ3n) is 3.88. The first kappa shape index (κ1) is 11.3. The summed E-state index contributed by atoms with van der Waals surface area (Å²) in [7, 11) is 1.54. The molecular weight excluding hydrogens is 208 g/mol. The van der Waals surface area contributed by atoms with Crippen LogP contribution in [0.25, 0.3) is 0 Å². The average molecular weight is 228 g/mol. The van der Waals surface area contributed by atoms with E-state index in [0.717, 1.165) is 12.8 Å². The molecule has 0 aromatic carbocycles. The molecule has 2 rings (SSSR count). The SMILES string of the molecule is COC(=O)C1([C@H]2CCCS2)CCCCC1. The first-order valence-electron chi connectivity index (χ1n) is 5.99. The zero-order chi connectivity index (χ0) is 10.7.